The average Bonchev–Trinajstić information content (AvgIpc) is 3.27. The fourth-order valence-electron chi connectivity index (χ4n) is 3.66. The van der Waals surface area contributed by atoms with Crippen molar-refractivity contribution in [3.63, 3.8) is 0 Å². The van der Waals surface area contributed by atoms with Crippen molar-refractivity contribution in [3.05, 3.63) is 89.3 Å². The summed E-state index contributed by atoms with van der Waals surface area (Å²) < 4.78 is 3.37. The van der Waals surface area contributed by atoms with E-state index in [1.54, 1.807) is 19.1 Å². The highest BCUT2D eigenvalue weighted by Crippen LogP contribution is 2.39. The van der Waals surface area contributed by atoms with Crippen molar-refractivity contribution in [3.8, 4) is 11.1 Å². The van der Waals surface area contributed by atoms with Crippen LogP contribution in [0.2, 0.25) is 0 Å². The standard InChI is InChI=1S/C26H21Cl3N2O3S/c1-2-34-24(33)21-20(17-9-4-3-5-10-17)15-35-23(21)31-25(26(27,28)29)30-22(32)19-14-8-12-16-11-6-7-13-18(16)19/h3-15,25,31H,2H2,1H3,(H,30,32)/t25-/m1/s1. The topological polar surface area (TPSA) is 67.4 Å². The van der Waals surface area contributed by atoms with Gasteiger partial charge in [-0.3, -0.25) is 4.79 Å². The molecule has 5 nitrogen and oxygen atoms in total. The van der Waals surface area contributed by atoms with Gasteiger partial charge in [0.25, 0.3) is 5.91 Å². The predicted octanol–water partition coefficient (Wildman–Crippen LogP) is 7.28. The first kappa shape index (κ1) is 25.3. The Morgan fingerprint density at radius 3 is 2.37 bits per heavy atom. The highest BCUT2D eigenvalue weighted by molar-refractivity contribution is 7.15. The van der Waals surface area contributed by atoms with E-state index in [0.29, 0.717) is 21.7 Å². The molecular formula is C26H21Cl3N2O3S. The Morgan fingerprint density at radius 1 is 0.971 bits per heavy atom. The van der Waals surface area contributed by atoms with E-state index in [2.05, 4.69) is 10.6 Å². The number of halogens is 3. The molecule has 180 valence electrons. The Bertz CT molecular complexity index is 1350. The Balaban J connectivity index is 1.68. The molecule has 0 saturated carbocycles. The molecular weight excluding hydrogens is 527 g/mol. The third-order valence-corrected chi connectivity index (χ3v) is 6.83. The van der Waals surface area contributed by atoms with Crippen LogP contribution in [0.4, 0.5) is 5.00 Å². The number of thiophene rings is 1. The van der Waals surface area contributed by atoms with E-state index in [9.17, 15) is 9.59 Å². The molecule has 0 saturated heterocycles. The molecule has 0 aliphatic rings. The van der Waals surface area contributed by atoms with Crippen molar-refractivity contribution >= 4 is 73.8 Å². The number of benzene rings is 3. The van der Waals surface area contributed by atoms with E-state index < -0.39 is 21.8 Å². The van der Waals surface area contributed by atoms with Crippen LogP contribution in [-0.4, -0.2) is 28.4 Å². The maximum absolute atomic E-state index is 13.2. The van der Waals surface area contributed by atoms with E-state index in [0.717, 1.165) is 16.3 Å². The Kier molecular flexibility index (Phi) is 7.87. The van der Waals surface area contributed by atoms with Gasteiger partial charge in [0.1, 0.15) is 16.7 Å². The van der Waals surface area contributed by atoms with Gasteiger partial charge in [0, 0.05) is 16.5 Å². The number of rotatable bonds is 7. The van der Waals surface area contributed by atoms with Crippen molar-refractivity contribution in [1.29, 1.82) is 0 Å². The molecule has 0 fully saturated rings. The van der Waals surface area contributed by atoms with Gasteiger partial charge in [-0.25, -0.2) is 4.79 Å². The zero-order valence-electron chi connectivity index (χ0n) is 18.6. The largest absolute Gasteiger partial charge is 0.462 e. The number of nitrogens with one attached hydrogen (secondary N) is 2. The molecule has 0 spiro atoms. The van der Waals surface area contributed by atoms with Crippen LogP contribution in [0.3, 0.4) is 0 Å². The van der Waals surface area contributed by atoms with Crippen LogP contribution < -0.4 is 10.6 Å². The highest BCUT2D eigenvalue weighted by Gasteiger charge is 2.36. The first-order valence-electron chi connectivity index (χ1n) is 10.8. The SMILES string of the molecule is CCOC(=O)c1c(-c2ccccc2)csc1N[C@@H](NC(=O)c1cccc2ccccc12)C(Cl)(Cl)Cl. The molecule has 1 aromatic heterocycles. The highest BCUT2D eigenvalue weighted by atomic mass is 35.6. The maximum Gasteiger partial charge on any atom is 0.341 e. The van der Waals surface area contributed by atoms with Gasteiger partial charge >= 0.3 is 5.97 Å². The summed E-state index contributed by atoms with van der Waals surface area (Å²) in [5.41, 5.74) is 2.26. The van der Waals surface area contributed by atoms with Gasteiger partial charge in [-0.2, -0.15) is 0 Å². The number of carbonyl (C=O) groups excluding carboxylic acids is 2. The number of hydrogen-bond acceptors (Lipinski definition) is 5. The normalized spacial score (nSPS) is 12.2. The lowest BCUT2D eigenvalue weighted by Crippen LogP contribution is -2.49. The van der Waals surface area contributed by atoms with Gasteiger partial charge < -0.3 is 15.4 Å². The lowest BCUT2D eigenvalue weighted by molar-refractivity contribution is 0.0529. The molecule has 0 aliphatic heterocycles. The van der Waals surface area contributed by atoms with Crippen LogP contribution in [0.25, 0.3) is 21.9 Å². The monoisotopic (exact) mass is 546 g/mol. The quantitative estimate of drug-likeness (QED) is 0.145. The minimum absolute atomic E-state index is 0.202. The molecule has 1 heterocycles. The average molecular weight is 548 g/mol. The molecule has 4 aromatic rings. The molecule has 1 atom stereocenters. The first-order valence-corrected chi connectivity index (χ1v) is 12.8. The van der Waals surface area contributed by atoms with Gasteiger partial charge in [-0.05, 0) is 29.3 Å². The van der Waals surface area contributed by atoms with Gasteiger partial charge in [0.15, 0.2) is 0 Å². The molecule has 0 radical (unpaired) electrons. The van der Waals surface area contributed by atoms with Crippen LogP contribution in [0, 0.1) is 0 Å². The van der Waals surface area contributed by atoms with E-state index in [-0.39, 0.29) is 6.61 Å². The number of hydrogen-bond donors (Lipinski definition) is 2. The van der Waals surface area contributed by atoms with Crippen molar-refractivity contribution in [2.75, 3.05) is 11.9 Å². The number of esters is 1. The minimum atomic E-state index is -1.93. The van der Waals surface area contributed by atoms with Crippen LogP contribution in [0.15, 0.2) is 78.2 Å². The van der Waals surface area contributed by atoms with Gasteiger partial charge in [0.2, 0.25) is 3.79 Å². The predicted molar refractivity (Wildman–Crippen MR) is 145 cm³/mol. The number of carbonyl (C=O) groups is 2. The molecule has 2 N–H and O–H groups in total. The molecule has 0 bridgehead atoms. The van der Waals surface area contributed by atoms with Crippen LogP contribution >= 0.6 is 46.1 Å². The van der Waals surface area contributed by atoms with Gasteiger partial charge in [-0.15, -0.1) is 11.3 Å². The Labute approximate surface area is 222 Å². The van der Waals surface area contributed by atoms with E-state index in [1.807, 2.05) is 66.0 Å². The number of alkyl halides is 3. The Morgan fingerprint density at radius 2 is 1.66 bits per heavy atom. The lowest BCUT2D eigenvalue weighted by Gasteiger charge is -2.27. The molecule has 35 heavy (non-hydrogen) atoms. The van der Waals surface area contributed by atoms with Crippen molar-refractivity contribution in [2.24, 2.45) is 0 Å². The fraction of sp³-hybridized carbons (Fsp3) is 0.154. The summed E-state index contributed by atoms with van der Waals surface area (Å²) >= 11 is 20.0. The summed E-state index contributed by atoms with van der Waals surface area (Å²) in [6.45, 7) is 1.93. The molecule has 0 unspecified atom stereocenters. The molecule has 4 rings (SSSR count). The molecule has 3 aromatic carbocycles. The number of ether oxygens (including phenoxy) is 1. The fourth-order valence-corrected chi connectivity index (χ4v) is 4.98. The summed E-state index contributed by atoms with van der Waals surface area (Å²) in [6.07, 6.45) is -1.14. The van der Waals surface area contributed by atoms with Crippen molar-refractivity contribution in [2.45, 2.75) is 16.9 Å². The van der Waals surface area contributed by atoms with E-state index >= 15 is 0 Å². The third-order valence-electron chi connectivity index (χ3n) is 5.27. The van der Waals surface area contributed by atoms with Crippen LogP contribution in [0.5, 0.6) is 0 Å². The number of anilines is 1. The number of fused-ring (bicyclic) bond motifs is 1. The second-order valence-electron chi connectivity index (χ2n) is 7.56. The lowest BCUT2D eigenvalue weighted by atomic mass is 10.0. The summed E-state index contributed by atoms with van der Waals surface area (Å²) in [6, 6.07) is 22.4. The maximum atomic E-state index is 13.2. The molecule has 1 amide bonds. The zero-order chi connectivity index (χ0) is 25.0. The second kappa shape index (κ2) is 10.9. The van der Waals surface area contributed by atoms with Gasteiger partial charge in [0.05, 0.1) is 6.61 Å². The van der Waals surface area contributed by atoms with Gasteiger partial charge in [-0.1, -0.05) is 102 Å². The number of amides is 1. The van der Waals surface area contributed by atoms with E-state index in [4.69, 9.17) is 39.5 Å². The van der Waals surface area contributed by atoms with Crippen molar-refractivity contribution < 1.29 is 14.3 Å². The van der Waals surface area contributed by atoms with Crippen molar-refractivity contribution in [1.82, 2.24) is 5.32 Å². The summed E-state index contributed by atoms with van der Waals surface area (Å²) in [7, 11) is 0. The first-order chi connectivity index (χ1) is 16.8. The Hall–Kier alpha value is -2.77. The smallest absolute Gasteiger partial charge is 0.341 e. The van der Waals surface area contributed by atoms with E-state index in [1.165, 1.54) is 11.3 Å². The second-order valence-corrected chi connectivity index (χ2v) is 10.8. The molecule has 0 aliphatic carbocycles. The molecule has 9 heteroatoms. The zero-order valence-corrected chi connectivity index (χ0v) is 21.6. The third kappa shape index (κ3) is 5.73. The van der Waals surface area contributed by atoms with Crippen LogP contribution in [-0.2, 0) is 4.74 Å². The minimum Gasteiger partial charge on any atom is -0.462 e. The summed E-state index contributed by atoms with van der Waals surface area (Å²) in [5, 5.41) is 9.74. The summed E-state index contributed by atoms with van der Waals surface area (Å²) in [5.74, 6) is -0.943. The summed E-state index contributed by atoms with van der Waals surface area (Å²) in [4.78, 5) is 26.1. The van der Waals surface area contributed by atoms with Crippen LogP contribution in [0.1, 0.15) is 27.6 Å².